The molecule has 3 heteroatoms. The second kappa shape index (κ2) is 4.65. The molecular formula is C14H18N2S. The number of fused-ring (bicyclic) bond motifs is 5. The number of aromatic nitrogens is 2. The minimum atomic E-state index is 1.01. The predicted molar refractivity (Wildman–Crippen MR) is 73.8 cm³/mol. The van der Waals surface area contributed by atoms with Gasteiger partial charge in [0.2, 0.25) is 0 Å². The third kappa shape index (κ3) is 1.93. The zero-order chi connectivity index (χ0) is 11.7. The number of imidazole rings is 1. The normalized spacial score (nSPS) is 17.2. The molecule has 90 valence electrons. The average Bonchev–Trinajstić information content (AvgIpc) is 2.61. The number of aryl methyl sites for hydroxylation is 2. The Morgan fingerprint density at radius 3 is 1.76 bits per heavy atom. The zero-order valence-electron chi connectivity index (χ0n) is 10.1. The maximum atomic E-state index is 5.62. The van der Waals surface area contributed by atoms with Crippen LogP contribution in [0.25, 0.3) is 11.0 Å². The number of rotatable bonds is 0. The van der Waals surface area contributed by atoms with Crippen LogP contribution in [0.3, 0.4) is 0 Å². The molecule has 1 aliphatic heterocycles. The first kappa shape index (κ1) is 11.0. The molecule has 2 nitrogen and oxygen atoms in total. The molecule has 0 fully saturated rings. The van der Waals surface area contributed by atoms with Crippen LogP contribution in [-0.2, 0) is 13.1 Å². The second-order valence-corrected chi connectivity index (χ2v) is 5.21. The highest BCUT2D eigenvalue weighted by molar-refractivity contribution is 7.71. The highest BCUT2D eigenvalue weighted by Gasteiger charge is 2.10. The van der Waals surface area contributed by atoms with E-state index in [4.69, 9.17) is 12.2 Å². The fourth-order valence-corrected chi connectivity index (χ4v) is 3.15. The second-order valence-electron chi connectivity index (χ2n) is 4.84. The first-order chi connectivity index (χ1) is 8.38. The molecule has 2 heterocycles. The van der Waals surface area contributed by atoms with Crippen LogP contribution in [0.1, 0.15) is 32.1 Å². The van der Waals surface area contributed by atoms with E-state index >= 15 is 0 Å². The summed E-state index contributed by atoms with van der Waals surface area (Å²) in [6, 6.07) is 8.61. The summed E-state index contributed by atoms with van der Waals surface area (Å²) in [5.74, 6) is 0. The molecule has 0 spiro atoms. The lowest BCUT2D eigenvalue weighted by atomic mass is 10.1. The van der Waals surface area contributed by atoms with E-state index in [9.17, 15) is 0 Å². The van der Waals surface area contributed by atoms with Gasteiger partial charge in [-0.15, -0.1) is 0 Å². The van der Waals surface area contributed by atoms with Crippen molar-refractivity contribution >= 4 is 23.3 Å². The van der Waals surface area contributed by atoms with Gasteiger partial charge in [-0.3, -0.25) is 0 Å². The number of benzene rings is 1. The van der Waals surface area contributed by atoms with Crippen LogP contribution in [0, 0.1) is 4.77 Å². The molecule has 0 radical (unpaired) electrons. The smallest absolute Gasteiger partial charge is 0.180 e. The Morgan fingerprint density at radius 2 is 1.24 bits per heavy atom. The lowest BCUT2D eigenvalue weighted by Gasteiger charge is -2.08. The van der Waals surface area contributed by atoms with Crippen LogP contribution in [-0.4, -0.2) is 9.13 Å². The molecule has 0 N–H and O–H groups in total. The van der Waals surface area contributed by atoms with Crippen LogP contribution in [0.15, 0.2) is 24.3 Å². The van der Waals surface area contributed by atoms with E-state index in [0.29, 0.717) is 0 Å². The van der Waals surface area contributed by atoms with E-state index in [1.807, 2.05) is 0 Å². The first-order valence-corrected chi connectivity index (χ1v) is 6.97. The molecule has 0 unspecified atom stereocenters. The molecule has 1 aliphatic rings. The molecule has 0 saturated heterocycles. The van der Waals surface area contributed by atoms with Gasteiger partial charge in [0.05, 0.1) is 11.0 Å². The van der Waals surface area contributed by atoms with Gasteiger partial charge in [-0.2, -0.15) is 0 Å². The van der Waals surface area contributed by atoms with E-state index < -0.39 is 0 Å². The van der Waals surface area contributed by atoms with Gasteiger partial charge in [-0.1, -0.05) is 31.4 Å². The quantitative estimate of drug-likeness (QED) is 0.635. The van der Waals surface area contributed by atoms with Crippen molar-refractivity contribution in [1.82, 2.24) is 9.13 Å². The summed E-state index contributed by atoms with van der Waals surface area (Å²) in [5, 5.41) is 0. The number of hydrogen-bond donors (Lipinski definition) is 0. The summed E-state index contributed by atoms with van der Waals surface area (Å²) in [5.41, 5.74) is 2.61. The van der Waals surface area contributed by atoms with Crippen molar-refractivity contribution in [2.24, 2.45) is 0 Å². The highest BCUT2D eigenvalue weighted by Crippen LogP contribution is 2.21. The molecule has 2 aromatic rings. The average molecular weight is 246 g/mol. The Labute approximate surface area is 107 Å². The molecule has 1 aromatic heterocycles. The molecule has 0 amide bonds. The van der Waals surface area contributed by atoms with Crippen molar-refractivity contribution in [3.63, 3.8) is 0 Å². The van der Waals surface area contributed by atoms with Crippen LogP contribution in [0.5, 0.6) is 0 Å². The Balaban J connectivity index is 2.21. The summed E-state index contributed by atoms with van der Waals surface area (Å²) in [4.78, 5) is 0. The number of nitrogens with zero attached hydrogens (tertiary/aromatic N) is 2. The van der Waals surface area contributed by atoms with Crippen LogP contribution in [0.2, 0.25) is 0 Å². The summed E-state index contributed by atoms with van der Waals surface area (Å²) in [7, 11) is 0. The Kier molecular flexibility index (Phi) is 3.02. The summed E-state index contributed by atoms with van der Waals surface area (Å²) >= 11 is 5.62. The Hall–Kier alpha value is -1.09. The Bertz CT molecular complexity index is 531. The van der Waals surface area contributed by atoms with Gasteiger partial charge in [-0.05, 0) is 37.2 Å². The van der Waals surface area contributed by atoms with Crippen molar-refractivity contribution in [2.75, 3.05) is 0 Å². The molecule has 0 aliphatic carbocycles. The van der Waals surface area contributed by atoms with Gasteiger partial charge < -0.3 is 9.13 Å². The molecule has 0 atom stereocenters. The van der Waals surface area contributed by atoms with E-state index in [2.05, 4.69) is 33.4 Å². The van der Waals surface area contributed by atoms with Crippen molar-refractivity contribution in [3.05, 3.63) is 29.0 Å². The fourth-order valence-electron chi connectivity index (χ4n) is 2.77. The van der Waals surface area contributed by atoms with Gasteiger partial charge in [0.15, 0.2) is 4.77 Å². The molecule has 2 bridgehead atoms. The van der Waals surface area contributed by atoms with Gasteiger partial charge in [0.25, 0.3) is 0 Å². The SMILES string of the molecule is S=c1n2c3ccccc3n1CCCCCCC2. The van der Waals surface area contributed by atoms with Crippen LogP contribution in [0.4, 0.5) is 0 Å². The summed E-state index contributed by atoms with van der Waals surface area (Å²) in [6.45, 7) is 2.15. The van der Waals surface area contributed by atoms with Crippen molar-refractivity contribution in [1.29, 1.82) is 0 Å². The summed E-state index contributed by atoms with van der Waals surface area (Å²) in [6.07, 6.45) is 6.54. The molecular weight excluding hydrogens is 228 g/mol. The molecule has 3 rings (SSSR count). The minimum Gasteiger partial charge on any atom is -0.317 e. The summed E-state index contributed by atoms with van der Waals surface area (Å²) < 4.78 is 5.64. The van der Waals surface area contributed by atoms with E-state index in [1.165, 1.54) is 43.1 Å². The lowest BCUT2D eigenvalue weighted by molar-refractivity contribution is 0.511. The van der Waals surface area contributed by atoms with Crippen molar-refractivity contribution < 1.29 is 0 Å². The lowest BCUT2D eigenvalue weighted by Crippen LogP contribution is -2.04. The number of hydrogen-bond acceptors (Lipinski definition) is 1. The fraction of sp³-hybridized carbons (Fsp3) is 0.500. The van der Waals surface area contributed by atoms with E-state index in [1.54, 1.807) is 0 Å². The van der Waals surface area contributed by atoms with Gasteiger partial charge in [0.1, 0.15) is 0 Å². The maximum absolute atomic E-state index is 5.62. The van der Waals surface area contributed by atoms with E-state index in [-0.39, 0.29) is 0 Å². The predicted octanol–water partition coefficient (Wildman–Crippen LogP) is 4.14. The van der Waals surface area contributed by atoms with Gasteiger partial charge >= 0.3 is 0 Å². The van der Waals surface area contributed by atoms with Crippen molar-refractivity contribution in [2.45, 2.75) is 45.2 Å². The van der Waals surface area contributed by atoms with Gasteiger partial charge in [-0.25, -0.2) is 0 Å². The van der Waals surface area contributed by atoms with Crippen molar-refractivity contribution in [3.8, 4) is 0 Å². The van der Waals surface area contributed by atoms with Gasteiger partial charge in [0, 0.05) is 13.1 Å². The third-order valence-corrected chi connectivity index (χ3v) is 4.13. The third-order valence-electron chi connectivity index (χ3n) is 3.69. The molecule has 1 aromatic carbocycles. The number of para-hydroxylation sites is 2. The standard InChI is InChI=1S/C14H18N2S/c17-14-15-10-6-2-1-3-7-11-16(14)13-9-5-4-8-12(13)15/h4-5,8-9H,1-3,6-7,10-11H2. The maximum Gasteiger partial charge on any atom is 0.180 e. The first-order valence-electron chi connectivity index (χ1n) is 6.56. The highest BCUT2D eigenvalue weighted by atomic mass is 32.1. The van der Waals surface area contributed by atoms with Crippen LogP contribution < -0.4 is 0 Å². The largest absolute Gasteiger partial charge is 0.317 e. The monoisotopic (exact) mass is 246 g/mol. The molecule has 0 saturated carbocycles. The van der Waals surface area contributed by atoms with E-state index in [0.717, 1.165) is 17.9 Å². The zero-order valence-corrected chi connectivity index (χ0v) is 10.9. The topological polar surface area (TPSA) is 9.86 Å². The molecule has 17 heavy (non-hydrogen) atoms. The Morgan fingerprint density at radius 1 is 0.765 bits per heavy atom. The van der Waals surface area contributed by atoms with Crippen LogP contribution >= 0.6 is 12.2 Å². The minimum absolute atomic E-state index is 1.01.